The summed E-state index contributed by atoms with van der Waals surface area (Å²) in [5.74, 6) is -0.727. The second kappa shape index (κ2) is 5.51. The van der Waals surface area contributed by atoms with Crippen LogP contribution >= 0.6 is 0 Å². The average molecular weight is 321 g/mol. The third kappa shape index (κ3) is 2.45. The molecule has 0 unspecified atom stereocenters. The summed E-state index contributed by atoms with van der Waals surface area (Å²) in [6.07, 6.45) is 5.61. The first-order valence-electron chi connectivity index (χ1n) is 7.06. The summed E-state index contributed by atoms with van der Waals surface area (Å²) in [5, 5.41) is 18.3. The fourth-order valence-electron chi connectivity index (χ4n) is 2.35. The molecule has 8 heteroatoms. The van der Waals surface area contributed by atoms with E-state index in [1.807, 2.05) is 41.1 Å². The van der Waals surface area contributed by atoms with Crippen molar-refractivity contribution >= 4 is 11.6 Å². The number of carboxylic acid groups (broad SMARTS) is 1. The fourth-order valence-corrected chi connectivity index (χ4v) is 2.35. The van der Waals surface area contributed by atoms with Crippen molar-refractivity contribution in [1.29, 1.82) is 0 Å². The third-order valence-corrected chi connectivity index (χ3v) is 3.52. The number of carbonyl (C=O) groups is 1. The van der Waals surface area contributed by atoms with Crippen LogP contribution in [-0.4, -0.2) is 35.9 Å². The number of H-pyrrole nitrogens is 1. The lowest BCUT2D eigenvalue weighted by Gasteiger charge is -2.06. The Morgan fingerprint density at radius 1 is 1.12 bits per heavy atom. The SMILES string of the molecule is O=C(O)c1nn[nH]c1Oc1ccc(-c2ccc3nccn3c2)cc1. The molecule has 4 rings (SSSR count). The molecule has 2 N–H and O–H groups in total. The van der Waals surface area contributed by atoms with Crippen LogP contribution < -0.4 is 4.74 Å². The predicted octanol–water partition coefficient (Wildman–Crippen LogP) is 2.61. The first-order chi connectivity index (χ1) is 11.7. The minimum absolute atomic E-state index is 0.00455. The van der Waals surface area contributed by atoms with E-state index in [-0.39, 0.29) is 11.6 Å². The number of nitrogens with zero attached hydrogens (tertiary/aromatic N) is 4. The Kier molecular flexibility index (Phi) is 3.20. The number of benzene rings is 1. The van der Waals surface area contributed by atoms with Crippen molar-refractivity contribution in [3.05, 3.63) is 60.7 Å². The van der Waals surface area contributed by atoms with E-state index in [9.17, 15) is 4.79 Å². The van der Waals surface area contributed by atoms with Gasteiger partial charge in [0, 0.05) is 18.6 Å². The van der Waals surface area contributed by atoms with Gasteiger partial charge in [-0.25, -0.2) is 14.9 Å². The molecule has 4 aromatic rings. The maximum absolute atomic E-state index is 11.0. The molecule has 118 valence electrons. The van der Waals surface area contributed by atoms with Crippen molar-refractivity contribution in [2.24, 2.45) is 0 Å². The van der Waals surface area contributed by atoms with Crippen LogP contribution in [0.2, 0.25) is 0 Å². The summed E-state index contributed by atoms with van der Waals surface area (Å²) < 4.78 is 7.42. The molecule has 0 fully saturated rings. The third-order valence-electron chi connectivity index (χ3n) is 3.52. The molecule has 0 radical (unpaired) electrons. The molecular weight excluding hydrogens is 310 g/mol. The molecule has 0 aliphatic rings. The van der Waals surface area contributed by atoms with Crippen molar-refractivity contribution in [1.82, 2.24) is 24.8 Å². The molecule has 0 aliphatic heterocycles. The number of hydrogen-bond donors (Lipinski definition) is 2. The normalized spacial score (nSPS) is 10.8. The average Bonchev–Trinajstić information content (AvgIpc) is 3.23. The van der Waals surface area contributed by atoms with E-state index in [2.05, 4.69) is 20.4 Å². The number of nitrogens with one attached hydrogen (secondary N) is 1. The second-order valence-electron chi connectivity index (χ2n) is 5.03. The molecule has 0 bridgehead atoms. The molecule has 0 saturated carbocycles. The number of imidazole rings is 1. The largest absolute Gasteiger partial charge is 0.476 e. The van der Waals surface area contributed by atoms with Gasteiger partial charge >= 0.3 is 5.97 Å². The molecular formula is C16H11N5O3. The lowest BCUT2D eigenvalue weighted by atomic mass is 10.1. The van der Waals surface area contributed by atoms with Crippen LogP contribution in [-0.2, 0) is 0 Å². The standard InChI is InChI=1S/C16H11N5O3/c22-16(23)14-15(19-20-18-14)24-12-4-1-10(2-5-12)11-3-6-13-17-7-8-21(13)9-11/h1-9H,(H,22,23)(H,18,19,20). The number of rotatable bonds is 4. The summed E-state index contributed by atoms with van der Waals surface area (Å²) in [6, 6.07) is 11.2. The van der Waals surface area contributed by atoms with E-state index in [0.29, 0.717) is 5.75 Å². The number of carboxylic acids is 1. The number of aromatic nitrogens is 5. The van der Waals surface area contributed by atoms with Crippen molar-refractivity contribution in [3.8, 4) is 22.8 Å². The Bertz CT molecular complexity index is 1020. The summed E-state index contributed by atoms with van der Waals surface area (Å²) in [5.41, 5.74) is 2.65. The summed E-state index contributed by atoms with van der Waals surface area (Å²) >= 11 is 0. The molecule has 0 aliphatic carbocycles. The number of pyridine rings is 1. The maximum atomic E-state index is 11.0. The highest BCUT2D eigenvalue weighted by Gasteiger charge is 2.16. The lowest BCUT2D eigenvalue weighted by molar-refractivity contribution is 0.0687. The van der Waals surface area contributed by atoms with E-state index in [1.54, 1.807) is 18.3 Å². The Morgan fingerprint density at radius 2 is 1.92 bits per heavy atom. The topological polar surface area (TPSA) is 105 Å². The molecule has 0 atom stereocenters. The number of fused-ring (bicyclic) bond motifs is 1. The van der Waals surface area contributed by atoms with Gasteiger partial charge in [-0.05, 0) is 35.4 Å². The second-order valence-corrected chi connectivity index (χ2v) is 5.03. The summed E-state index contributed by atoms with van der Waals surface area (Å²) in [4.78, 5) is 15.2. The predicted molar refractivity (Wildman–Crippen MR) is 84.0 cm³/mol. The van der Waals surface area contributed by atoms with E-state index >= 15 is 0 Å². The van der Waals surface area contributed by atoms with E-state index in [4.69, 9.17) is 9.84 Å². The van der Waals surface area contributed by atoms with Gasteiger partial charge in [0.15, 0.2) is 0 Å². The zero-order valence-electron chi connectivity index (χ0n) is 12.2. The Labute approximate surface area is 135 Å². The zero-order chi connectivity index (χ0) is 16.5. The smallest absolute Gasteiger partial charge is 0.362 e. The van der Waals surface area contributed by atoms with Crippen LogP contribution in [0.3, 0.4) is 0 Å². The highest BCUT2D eigenvalue weighted by atomic mass is 16.5. The van der Waals surface area contributed by atoms with Crippen LogP contribution in [0, 0.1) is 0 Å². The Morgan fingerprint density at radius 3 is 2.71 bits per heavy atom. The van der Waals surface area contributed by atoms with Crippen LogP contribution in [0.1, 0.15) is 10.5 Å². The number of aromatic amines is 1. The quantitative estimate of drug-likeness (QED) is 0.598. The van der Waals surface area contributed by atoms with Gasteiger partial charge in [-0.2, -0.15) is 0 Å². The first kappa shape index (κ1) is 13.9. The first-order valence-corrected chi connectivity index (χ1v) is 7.06. The van der Waals surface area contributed by atoms with Gasteiger partial charge in [0.25, 0.3) is 5.88 Å². The van der Waals surface area contributed by atoms with Gasteiger partial charge in [0.1, 0.15) is 11.4 Å². The maximum Gasteiger partial charge on any atom is 0.362 e. The van der Waals surface area contributed by atoms with Crippen LogP contribution in [0.15, 0.2) is 55.0 Å². The van der Waals surface area contributed by atoms with Crippen molar-refractivity contribution in [3.63, 3.8) is 0 Å². The molecule has 3 heterocycles. The van der Waals surface area contributed by atoms with Crippen molar-refractivity contribution < 1.29 is 14.6 Å². The van der Waals surface area contributed by atoms with Gasteiger partial charge in [0.05, 0.1) is 0 Å². The highest BCUT2D eigenvalue weighted by molar-refractivity contribution is 5.87. The fraction of sp³-hybridized carbons (Fsp3) is 0. The number of hydrogen-bond acceptors (Lipinski definition) is 5. The molecule has 1 aromatic carbocycles. The molecule has 0 amide bonds. The van der Waals surface area contributed by atoms with Gasteiger partial charge in [-0.3, -0.25) is 0 Å². The summed E-state index contributed by atoms with van der Waals surface area (Å²) in [7, 11) is 0. The van der Waals surface area contributed by atoms with Crippen LogP contribution in [0.4, 0.5) is 0 Å². The van der Waals surface area contributed by atoms with Crippen LogP contribution in [0.25, 0.3) is 16.8 Å². The Balaban J connectivity index is 1.60. The highest BCUT2D eigenvalue weighted by Crippen LogP contribution is 2.26. The zero-order valence-corrected chi connectivity index (χ0v) is 12.2. The minimum Gasteiger partial charge on any atom is -0.476 e. The molecule has 8 nitrogen and oxygen atoms in total. The van der Waals surface area contributed by atoms with E-state index in [0.717, 1.165) is 16.8 Å². The molecule has 0 saturated heterocycles. The van der Waals surface area contributed by atoms with Crippen LogP contribution in [0.5, 0.6) is 11.6 Å². The molecule has 24 heavy (non-hydrogen) atoms. The number of ether oxygens (including phenoxy) is 1. The van der Waals surface area contributed by atoms with Gasteiger partial charge in [0.2, 0.25) is 5.69 Å². The van der Waals surface area contributed by atoms with Crippen molar-refractivity contribution in [2.45, 2.75) is 0 Å². The monoisotopic (exact) mass is 321 g/mol. The lowest BCUT2D eigenvalue weighted by Crippen LogP contribution is -1.99. The summed E-state index contributed by atoms with van der Waals surface area (Å²) in [6.45, 7) is 0. The van der Waals surface area contributed by atoms with Gasteiger partial charge < -0.3 is 14.2 Å². The molecule has 3 aromatic heterocycles. The molecule has 0 spiro atoms. The van der Waals surface area contributed by atoms with Crippen molar-refractivity contribution in [2.75, 3.05) is 0 Å². The van der Waals surface area contributed by atoms with Gasteiger partial charge in [-0.15, -0.1) is 5.10 Å². The number of aromatic carboxylic acids is 1. The van der Waals surface area contributed by atoms with Gasteiger partial charge in [-0.1, -0.05) is 17.3 Å². The Hall–Kier alpha value is -3.68. The van der Waals surface area contributed by atoms with E-state index < -0.39 is 5.97 Å². The van der Waals surface area contributed by atoms with E-state index in [1.165, 1.54) is 0 Å². The minimum atomic E-state index is -1.20.